The summed E-state index contributed by atoms with van der Waals surface area (Å²) in [4.78, 5) is 4.43. The summed E-state index contributed by atoms with van der Waals surface area (Å²) < 4.78 is 28.3. The Labute approximate surface area is 114 Å². The quantitative estimate of drug-likeness (QED) is 0.792. The molecule has 5 heteroatoms. The van der Waals surface area contributed by atoms with E-state index < -0.39 is 11.6 Å². The Morgan fingerprint density at radius 2 is 1.95 bits per heavy atom. The molecule has 1 N–H and O–H groups in total. The van der Waals surface area contributed by atoms with Gasteiger partial charge in [0.1, 0.15) is 11.6 Å². The van der Waals surface area contributed by atoms with Crippen molar-refractivity contribution >= 4 is 17.0 Å². The number of nitrogens with zero attached hydrogens (tertiary/aromatic N) is 2. The zero-order valence-electron chi connectivity index (χ0n) is 10.9. The summed E-state index contributed by atoms with van der Waals surface area (Å²) in [5.74, 6) is -0.486. The topological polar surface area (TPSA) is 29.9 Å². The molecule has 0 atom stereocenters. The molecule has 3 aromatic rings. The standard InChI is InChI=1S/C15H13F2N3/c1-20-14-5-3-2-4-13(14)19-15(20)18-9-10-6-7-11(16)8-12(10)17/h2-8H,9H2,1H3,(H,18,19). The van der Waals surface area contributed by atoms with Gasteiger partial charge in [-0.05, 0) is 18.2 Å². The number of rotatable bonds is 3. The molecule has 0 aliphatic heterocycles. The first-order chi connectivity index (χ1) is 9.65. The Kier molecular flexibility index (Phi) is 3.10. The lowest BCUT2D eigenvalue weighted by Gasteiger charge is -2.07. The summed E-state index contributed by atoms with van der Waals surface area (Å²) in [5.41, 5.74) is 2.27. The number of halogens is 2. The largest absolute Gasteiger partial charge is 0.351 e. The molecule has 0 saturated heterocycles. The van der Waals surface area contributed by atoms with E-state index in [9.17, 15) is 8.78 Å². The van der Waals surface area contributed by atoms with Gasteiger partial charge in [0, 0.05) is 25.2 Å². The zero-order valence-corrected chi connectivity index (χ0v) is 10.9. The lowest BCUT2D eigenvalue weighted by molar-refractivity contribution is 0.574. The van der Waals surface area contributed by atoms with Crippen LogP contribution in [0.2, 0.25) is 0 Å². The van der Waals surface area contributed by atoms with Crippen LogP contribution in [0, 0.1) is 11.6 Å². The van der Waals surface area contributed by atoms with Crippen LogP contribution in [0.4, 0.5) is 14.7 Å². The molecular weight excluding hydrogens is 260 g/mol. The van der Waals surface area contributed by atoms with Gasteiger partial charge in [-0.3, -0.25) is 0 Å². The number of aromatic nitrogens is 2. The molecule has 1 heterocycles. The maximum absolute atomic E-state index is 13.6. The van der Waals surface area contributed by atoms with E-state index in [0.717, 1.165) is 17.1 Å². The van der Waals surface area contributed by atoms with Gasteiger partial charge < -0.3 is 9.88 Å². The predicted molar refractivity (Wildman–Crippen MR) is 74.4 cm³/mol. The average molecular weight is 273 g/mol. The second kappa shape index (κ2) is 4.92. The van der Waals surface area contributed by atoms with Gasteiger partial charge >= 0.3 is 0 Å². The molecule has 3 nitrogen and oxygen atoms in total. The number of hydrogen-bond donors (Lipinski definition) is 1. The van der Waals surface area contributed by atoms with Gasteiger partial charge in [-0.1, -0.05) is 18.2 Å². The summed E-state index contributed by atoms with van der Waals surface area (Å²) in [6.07, 6.45) is 0. The maximum atomic E-state index is 13.6. The van der Waals surface area contributed by atoms with Crippen molar-refractivity contribution < 1.29 is 8.78 Å². The molecule has 0 saturated carbocycles. The number of imidazole rings is 1. The van der Waals surface area contributed by atoms with Crippen LogP contribution in [0.5, 0.6) is 0 Å². The first kappa shape index (κ1) is 12.6. The smallest absolute Gasteiger partial charge is 0.203 e. The molecule has 0 radical (unpaired) electrons. The maximum Gasteiger partial charge on any atom is 0.203 e. The number of anilines is 1. The first-order valence-corrected chi connectivity index (χ1v) is 6.24. The van der Waals surface area contributed by atoms with Crippen molar-refractivity contribution in [3.8, 4) is 0 Å². The van der Waals surface area contributed by atoms with Gasteiger partial charge in [0.05, 0.1) is 11.0 Å². The van der Waals surface area contributed by atoms with Gasteiger partial charge in [0.2, 0.25) is 5.95 Å². The third-order valence-corrected chi connectivity index (χ3v) is 3.24. The van der Waals surface area contributed by atoms with Crippen molar-refractivity contribution in [2.45, 2.75) is 6.54 Å². The monoisotopic (exact) mass is 273 g/mol. The summed E-state index contributed by atoms with van der Waals surface area (Å²) >= 11 is 0. The highest BCUT2D eigenvalue weighted by molar-refractivity contribution is 5.78. The number of para-hydroxylation sites is 2. The van der Waals surface area contributed by atoms with Crippen molar-refractivity contribution in [3.05, 3.63) is 59.7 Å². The molecule has 20 heavy (non-hydrogen) atoms. The first-order valence-electron chi connectivity index (χ1n) is 6.24. The molecule has 2 aromatic carbocycles. The van der Waals surface area contributed by atoms with E-state index in [2.05, 4.69) is 10.3 Å². The van der Waals surface area contributed by atoms with E-state index in [0.29, 0.717) is 11.5 Å². The van der Waals surface area contributed by atoms with Gasteiger partial charge in [0.25, 0.3) is 0 Å². The van der Waals surface area contributed by atoms with E-state index in [4.69, 9.17) is 0 Å². The Hall–Kier alpha value is -2.43. The molecule has 0 fully saturated rings. The van der Waals surface area contributed by atoms with E-state index in [1.807, 2.05) is 35.9 Å². The molecule has 0 spiro atoms. The second-order valence-corrected chi connectivity index (χ2v) is 4.57. The SMILES string of the molecule is Cn1c(NCc2ccc(F)cc2F)nc2ccccc21. The number of nitrogens with one attached hydrogen (secondary N) is 1. The van der Waals surface area contributed by atoms with Gasteiger partial charge in [-0.15, -0.1) is 0 Å². The van der Waals surface area contributed by atoms with Crippen LogP contribution < -0.4 is 5.32 Å². The number of aryl methyl sites for hydroxylation is 1. The van der Waals surface area contributed by atoms with Crippen molar-refractivity contribution in [2.24, 2.45) is 7.05 Å². The van der Waals surface area contributed by atoms with Crippen molar-refractivity contribution in [1.29, 1.82) is 0 Å². The van der Waals surface area contributed by atoms with E-state index in [-0.39, 0.29) is 6.54 Å². The van der Waals surface area contributed by atoms with Crippen LogP contribution in [0.3, 0.4) is 0 Å². The second-order valence-electron chi connectivity index (χ2n) is 4.57. The zero-order chi connectivity index (χ0) is 14.1. The van der Waals surface area contributed by atoms with Crippen molar-refractivity contribution in [1.82, 2.24) is 9.55 Å². The summed E-state index contributed by atoms with van der Waals surface area (Å²) in [7, 11) is 1.89. The summed E-state index contributed by atoms with van der Waals surface area (Å²) in [5, 5.41) is 3.07. The molecule has 1 aromatic heterocycles. The van der Waals surface area contributed by atoms with Gasteiger partial charge in [0.15, 0.2) is 0 Å². The molecule has 0 amide bonds. The van der Waals surface area contributed by atoms with Crippen LogP contribution in [0.15, 0.2) is 42.5 Å². The lowest BCUT2D eigenvalue weighted by Crippen LogP contribution is -2.06. The highest BCUT2D eigenvalue weighted by Gasteiger charge is 2.08. The third kappa shape index (κ3) is 2.22. The van der Waals surface area contributed by atoms with Crippen molar-refractivity contribution in [2.75, 3.05) is 5.32 Å². The Balaban J connectivity index is 1.85. The fourth-order valence-corrected chi connectivity index (χ4v) is 2.14. The fourth-order valence-electron chi connectivity index (χ4n) is 2.14. The third-order valence-electron chi connectivity index (χ3n) is 3.24. The molecule has 0 aliphatic rings. The Morgan fingerprint density at radius 3 is 2.70 bits per heavy atom. The lowest BCUT2D eigenvalue weighted by atomic mass is 10.2. The highest BCUT2D eigenvalue weighted by atomic mass is 19.1. The Bertz CT molecular complexity index is 765. The van der Waals surface area contributed by atoms with Crippen LogP contribution >= 0.6 is 0 Å². The number of hydrogen-bond acceptors (Lipinski definition) is 2. The van der Waals surface area contributed by atoms with Crippen molar-refractivity contribution in [3.63, 3.8) is 0 Å². The van der Waals surface area contributed by atoms with Crippen LogP contribution in [-0.4, -0.2) is 9.55 Å². The molecule has 0 unspecified atom stereocenters. The molecular formula is C15H13F2N3. The molecule has 0 aliphatic carbocycles. The normalized spacial score (nSPS) is 10.9. The van der Waals surface area contributed by atoms with E-state index in [1.54, 1.807) is 0 Å². The van der Waals surface area contributed by atoms with E-state index >= 15 is 0 Å². The molecule has 3 rings (SSSR count). The molecule has 102 valence electrons. The van der Waals surface area contributed by atoms with Crippen LogP contribution in [0.1, 0.15) is 5.56 Å². The highest BCUT2D eigenvalue weighted by Crippen LogP contribution is 2.18. The van der Waals surface area contributed by atoms with Gasteiger partial charge in [-0.25, -0.2) is 13.8 Å². The minimum Gasteiger partial charge on any atom is -0.351 e. The number of benzene rings is 2. The predicted octanol–water partition coefficient (Wildman–Crippen LogP) is 3.46. The minimum atomic E-state index is -0.575. The number of fused-ring (bicyclic) bond motifs is 1. The van der Waals surface area contributed by atoms with Crippen LogP contribution in [0.25, 0.3) is 11.0 Å². The fraction of sp³-hybridized carbons (Fsp3) is 0.133. The molecule has 0 bridgehead atoms. The van der Waals surface area contributed by atoms with Gasteiger partial charge in [-0.2, -0.15) is 0 Å². The summed E-state index contributed by atoms with van der Waals surface area (Å²) in [6.45, 7) is 0.253. The van der Waals surface area contributed by atoms with E-state index in [1.165, 1.54) is 12.1 Å². The Morgan fingerprint density at radius 1 is 1.15 bits per heavy atom. The summed E-state index contributed by atoms with van der Waals surface area (Å²) in [6, 6.07) is 11.3. The minimum absolute atomic E-state index is 0.253. The average Bonchev–Trinajstić information content (AvgIpc) is 2.75. The van der Waals surface area contributed by atoms with Crippen LogP contribution in [-0.2, 0) is 13.6 Å².